The van der Waals surface area contributed by atoms with Gasteiger partial charge in [0.15, 0.2) is 0 Å². The van der Waals surface area contributed by atoms with Crippen LogP contribution in [0.5, 0.6) is 0 Å². The average Bonchev–Trinajstić information content (AvgIpc) is 2.35. The number of benzene rings is 1. The van der Waals surface area contributed by atoms with Gasteiger partial charge < -0.3 is 11.1 Å². The van der Waals surface area contributed by atoms with Crippen molar-refractivity contribution in [2.24, 2.45) is 0 Å². The number of hydrogen-bond donors (Lipinski definition) is 2. The standard InChI is InChI=1S/C15H24N2O/c1-3-4-7-12(2)17-15(18)11-10-13-8-5-6-9-14(13)16/h5-6,8-9,12H,3-4,7,10-11,16H2,1-2H3,(H,17,18). The maximum Gasteiger partial charge on any atom is 0.220 e. The fourth-order valence-electron chi connectivity index (χ4n) is 1.94. The van der Waals surface area contributed by atoms with Crippen LogP contribution in [0, 0.1) is 0 Å². The summed E-state index contributed by atoms with van der Waals surface area (Å²) >= 11 is 0. The molecule has 0 saturated carbocycles. The summed E-state index contributed by atoms with van der Waals surface area (Å²) in [6.07, 6.45) is 4.59. The van der Waals surface area contributed by atoms with Crippen molar-refractivity contribution in [1.29, 1.82) is 0 Å². The molecule has 0 heterocycles. The summed E-state index contributed by atoms with van der Waals surface area (Å²) in [7, 11) is 0. The molecular weight excluding hydrogens is 224 g/mol. The van der Waals surface area contributed by atoms with Gasteiger partial charge in [0, 0.05) is 18.2 Å². The van der Waals surface area contributed by atoms with Gasteiger partial charge in [-0.25, -0.2) is 0 Å². The Balaban J connectivity index is 2.31. The van der Waals surface area contributed by atoms with Crippen molar-refractivity contribution >= 4 is 11.6 Å². The lowest BCUT2D eigenvalue weighted by atomic mass is 10.1. The molecule has 100 valence electrons. The molecule has 0 aliphatic heterocycles. The molecule has 18 heavy (non-hydrogen) atoms. The van der Waals surface area contributed by atoms with Crippen LogP contribution in [0.25, 0.3) is 0 Å². The number of hydrogen-bond acceptors (Lipinski definition) is 2. The van der Waals surface area contributed by atoms with E-state index in [1.165, 1.54) is 6.42 Å². The first kappa shape index (κ1) is 14.6. The third-order valence-corrected chi connectivity index (χ3v) is 3.07. The second-order valence-electron chi connectivity index (χ2n) is 4.81. The van der Waals surface area contributed by atoms with E-state index in [-0.39, 0.29) is 11.9 Å². The molecule has 0 aliphatic carbocycles. The van der Waals surface area contributed by atoms with Gasteiger partial charge in [0.1, 0.15) is 0 Å². The second kappa shape index (κ2) is 7.75. The summed E-state index contributed by atoms with van der Waals surface area (Å²) in [5.41, 5.74) is 7.66. The highest BCUT2D eigenvalue weighted by atomic mass is 16.1. The van der Waals surface area contributed by atoms with E-state index in [0.717, 1.165) is 24.1 Å². The Kier molecular flexibility index (Phi) is 6.26. The maximum absolute atomic E-state index is 11.7. The van der Waals surface area contributed by atoms with Crippen LogP contribution < -0.4 is 11.1 Å². The average molecular weight is 248 g/mol. The van der Waals surface area contributed by atoms with Gasteiger partial charge in [-0.3, -0.25) is 4.79 Å². The fourth-order valence-corrected chi connectivity index (χ4v) is 1.94. The Morgan fingerprint density at radius 2 is 2.11 bits per heavy atom. The minimum atomic E-state index is 0.113. The molecule has 0 radical (unpaired) electrons. The van der Waals surface area contributed by atoms with E-state index in [4.69, 9.17) is 5.73 Å². The summed E-state index contributed by atoms with van der Waals surface area (Å²) in [6.45, 7) is 4.22. The number of aryl methyl sites for hydroxylation is 1. The summed E-state index contributed by atoms with van der Waals surface area (Å²) < 4.78 is 0. The number of unbranched alkanes of at least 4 members (excludes halogenated alkanes) is 1. The third kappa shape index (κ3) is 5.21. The van der Waals surface area contributed by atoms with Crippen molar-refractivity contribution in [3.05, 3.63) is 29.8 Å². The number of nitrogens with one attached hydrogen (secondary N) is 1. The fraction of sp³-hybridized carbons (Fsp3) is 0.533. The Bertz CT molecular complexity index is 377. The van der Waals surface area contributed by atoms with E-state index in [9.17, 15) is 4.79 Å². The van der Waals surface area contributed by atoms with Crippen LogP contribution in [0.15, 0.2) is 24.3 Å². The van der Waals surface area contributed by atoms with Gasteiger partial charge in [-0.15, -0.1) is 0 Å². The molecule has 3 N–H and O–H groups in total. The summed E-state index contributed by atoms with van der Waals surface area (Å²) in [4.78, 5) is 11.7. The Morgan fingerprint density at radius 3 is 2.78 bits per heavy atom. The number of rotatable bonds is 7. The van der Waals surface area contributed by atoms with Crippen LogP contribution in [0.3, 0.4) is 0 Å². The third-order valence-electron chi connectivity index (χ3n) is 3.07. The van der Waals surface area contributed by atoms with Gasteiger partial charge in [0.05, 0.1) is 0 Å². The lowest BCUT2D eigenvalue weighted by molar-refractivity contribution is -0.121. The van der Waals surface area contributed by atoms with Crippen molar-refractivity contribution in [3.8, 4) is 0 Å². The second-order valence-corrected chi connectivity index (χ2v) is 4.81. The smallest absolute Gasteiger partial charge is 0.220 e. The molecule has 3 nitrogen and oxygen atoms in total. The highest BCUT2D eigenvalue weighted by Crippen LogP contribution is 2.12. The minimum Gasteiger partial charge on any atom is -0.399 e. The van der Waals surface area contributed by atoms with Gasteiger partial charge in [-0.2, -0.15) is 0 Å². The highest BCUT2D eigenvalue weighted by Gasteiger charge is 2.07. The number of carbonyl (C=O) groups is 1. The number of carbonyl (C=O) groups excluding carboxylic acids is 1. The summed E-state index contributed by atoms with van der Waals surface area (Å²) in [5.74, 6) is 0.113. The van der Waals surface area contributed by atoms with E-state index < -0.39 is 0 Å². The van der Waals surface area contributed by atoms with Gasteiger partial charge in [-0.1, -0.05) is 38.0 Å². The van der Waals surface area contributed by atoms with E-state index in [1.54, 1.807) is 0 Å². The number of nitrogen functional groups attached to an aromatic ring is 1. The number of nitrogens with two attached hydrogens (primary N) is 1. The van der Waals surface area contributed by atoms with Crippen LogP contribution in [0.2, 0.25) is 0 Å². The van der Waals surface area contributed by atoms with Crippen LogP contribution in [0.4, 0.5) is 5.69 Å². The molecule has 0 aromatic heterocycles. The molecule has 0 bridgehead atoms. The molecule has 1 amide bonds. The van der Waals surface area contributed by atoms with Gasteiger partial charge in [0.2, 0.25) is 5.91 Å². The van der Waals surface area contributed by atoms with Crippen LogP contribution in [-0.2, 0) is 11.2 Å². The highest BCUT2D eigenvalue weighted by molar-refractivity contribution is 5.76. The molecule has 1 aromatic carbocycles. The molecule has 0 spiro atoms. The molecule has 1 aromatic rings. The summed E-state index contributed by atoms with van der Waals surface area (Å²) in [6, 6.07) is 7.98. The van der Waals surface area contributed by atoms with Gasteiger partial charge in [0.25, 0.3) is 0 Å². The Hall–Kier alpha value is -1.51. The van der Waals surface area contributed by atoms with E-state index in [0.29, 0.717) is 12.8 Å². The maximum atomic E-state index is 11.7. The molecule has 1 unspecified atom stereocenters. The van der Waals surface area contributed by atoms with Crippen molar-refractivity contribution in [1.82, 2.24) is 5.32 Å². The lowest BCUT2D eigenvalue weighted by Gasteiger charge is -2.13. The number of amides is 1. The first-order chi connectivity index (χ1) is 8.63. The molecule has 1 rings (SSSR count). The van der Waals surface area contributed by atoms with E-state index >= 15 is 0 Å². The zero-order chi connectivity index (χ0) is 13.4. The quantitative estimate of drug-likeness (QED) is 0.729. The molecule has 1 atom stereocenters. The van der Waals surface area contributed by atoms with Crippen LogP contribution >= 0.6 is 0 Å². The zero-order valence-electron chi connectivity index (χ0n) is 11.4. The normalized spacial score (nSPS) is 12.1. The molecular formula is C15H24N2O. The summed E-state index contributed by atoms with van der Waals surface area (Å²) in [5, 5.41) is 3.02. The van der Waals surface area contributed by atoms with Crippen molar-refractivity contribution < 1.29 is 4.79 Å². The van der Waals surface area contributed by atoms with Crippen LogP contribution in [0.1, 0.15) is 45.1 Å². The number of anilines is 1. The Morgan fingerprint density at radius 1 is 1.39 bits per heavy atom. The van der Waals surface area contributed by atoms with E-state index in [2.05, 4.69) is 19.2 Å². The molecule has 0 saturated heterocycles. The molecule has 3 heteroatoms. The first-order valence-electron chi connectivity index (χ1n) is 6.76. The number of para-hydroxylation sites is 1. The van der Waals surface area contributed by atoms with Crippen molar-refractivity contribution in [2.75, 3.05) is 5.73 Å². The Labute approximate surface area is 110 Å². The zero-order valence-corrected chi connectivity index (χ0v) is 11.4. The minimum absolute atomic E-state index is 0.113. The predicted molar refractivity (Wildman–Crippen MR) is 76.3 cm³/mol. The van der Waals surface area contributed by atoms with Gasteiger partial charge in [-0.05, 0) is 31.4 Å². The van der Waals surface area contributed by atoms with Crippen molar-refractivity contribution in [3.63, 3.8) is 0 Å². The predicted octanol–water partition coefficient (Wildman–Crippen LogP) is 2.90. The van der Waals surface area contributed by atoms with E-state index in [1.807, 2.05) is 24.3 Å². The lowest BCUT2D eigenvalue weighted by Crippen LogP contribution is -2.32. The largest absolute Gasteiger partial charge is 0.399 e. The first-order valence-corrected chi connectivity index (χ1v) is 6.76. The SMILES string of the molecule is CCCCC(C)NC(=O)CCc1ccccc1N. The van der Waals surface area contributed by atoms with Crippen molar-refractivity contribution in [2.45, 2.75) is 52.0 Å². The topological polar surface area (TPSA) is 55.1 Å². The van der Waals surface area contributed by atoms with Crippen LogP contribution in [-0.4, -0.2) is 11.9 Å². The molecule has 0 fully saturated rings. The monoisotopic (exact) mass is 248 g/mol. The molecule has 0 aliphatic rings. The van der Waals surface area contributed by atoms with Gasteiger partial charge >= 0.3 is 0 Å².